The Balaban J connectivity index is 0.000000430. The number of imidazole rings is 1. The zero-order chi connectivity index (χ0) is 36.6. The van der Waals surface area contributed by atoms with Gasteiger partial charge in [0.1, 0.15) is 11.3 Å². The van der Waals surface area contributed by atoms with Gasteiger partial charge in [0.15, 0.2) is 23.3 Å². The van der Waals surface area contributed by atoms with Crippen molar-refractivity contribution >= 4 is 40.4 Å². The van der Waals surface area contributed by atoms with Gasteiger partial charge < -0.3 is 50.9 Å². The topological polar surface area (TPSA) is 266 Å². The van der Waals surface area contributed by atoms with E-state index in [1.54, 1.807) is 17.2 Å². The van der Waals surface area contributed by atoms with Crippen LogP contribution in [0.5, 0.6) is 5.75 Å². The fourth-order valence-electron chi connectivity index (χ4n) is 5.20. The number of alkyl halides is 3. The third kappa shape index (κ3) is 11.1. The summed E-state index contributed by atoms with van der Waals surface area (Å²) in [5.41, 5.74) is -0.327. The number of hydrogen-bond acceptors (Lipinski definition) is 11. The van der Waals surface area contributed by atoms with Gasteiger partial charge in [-0.2, -0.15) is 13.2 Å². The first-order chi connectivity index (χ1) is 23.5. The molecule has 17 nitrogen and oxygen atoms in total. The molecule has 0 unspecified atom stereocenters. The molecule has 0 bridgehead atoms. The molecule has 4 aromatic rings. The summed E-state index contributed by atoms with van der Waals surface area (Å²) in [6, 6.07) is 11.2. The van der Waals surface area contributed by atoms with Gasteiger partial charge in [0.05, 0.1) is 36.5 Å². The Morgan fingerprint density at radius 3 is 2.25 bits per heavy atom. The monoisotopic (exact) mass is 725 g/mol. The number of carboxylic acids is 3. The van der Waals surface area contributed by atoms with Gasteiger partial charge in [-0.05, 0) is 37.8 Å². The lowest BCUT2D eigenvalue weighted by molar-refractivity contribution is -0.202. The van der Waals surface area contributed by atoms with Crippen molar-refractivity contribution < 1.29 is 63.3 Å². The Morgan fingerprint density at radius 2 is 1.69 bits per heavy atom. The van der Waals surface area contributed by atoms with Crippen LogP contribution in [0.1, 0.15) is 38.5 Å². The van der Waals surface area contributed by atoms with Crippen molar-refractivity contribution in [3.63, 3.8) is 0 Å². The minimum Gasteiger partial charge on any atom is -0.490 e. The number of nitrogens with zero attached hydrogens (tertiary/aromatic N) is 5. The predicted octanol–water partition coefficient (Wildman–Crippen LogP) is 2.03. The number of aryl methyl sites for hydroxylation is 1. The average molecular weight is 726 g/mol. The van der Waals surface area contributed by atoms with E-state index in [1.807, 2.05) is 54.2 Å². The molecular formula is C31H38F3N7O10. The summed E-state index contributed by atoms with van der Waals surface area (Å²) in [6.07, 6.45) is -1.33. The Bertz CT molecular complexity index is 1760. The summed E-state index contributed by atoms with van der Waals surface area (Å²) < 4.78 is 47.5. The molecule has 1 aliphatic carbocycles. The van der Waals surface area contributed by atoms with Crippen molar-refractivity contribution in [2.75, 3.05) is 11.9 Å². The second-order valence-corrected chi connectivity index (χ2v) is 11.7. The Morgan fingerprint density at radius 1 is 1.02 bits per heavy atom. The summed E-state index contributed by atoms with van der Waals surface area (Å²) in [4.78, 5) is 39.3. The van der Waals surface area contributed by atoms with E-state index in [4.69, 9.17) is 25.2 Å². The lowest BCUT2D eigenvalue weighted by Gasteiger charge is -2.30. The predicted molar refractivity (Wildman–Crippen MR) is 173 cm³/mol. The molecule has 1 aromatic carbocycles. The first-order valence-electron chi connectivity index (χ1n) is 15.3. The molecule has 1 aliphatic rings. The number of halogens is 3. The first kappa shape index (κ1) is 40.1. The van der Waals surface area contributed by atoms with Crippen molar-refractivity contribution in [2.45, 2.75) is 68.6 Å². The molecule has 1 atom stereocenters. The number of aromatic nitrogens is 5. The van der Waals surface area contributed by atoms with Gasteiger partial charge in [-0.1, -0.05) is 6.07 Å². The van der Waals surface area contributed by atoms with Crippen molar-refractivity contribution in [3.8, 4) is 11.6 Å². The number of rotatable bonds is 13. The molecule has 1 fully saturated rings. The largest absolute Gasteiger partial charge is 0.490 e. The molecule has 5 rings (SSSR count). The highest BCUT2D eigenvalue weighted by Gasteiger charge is 2.41. The Hall–Kier alpha value is -5.31. The molecule has 0 spiro atoms. The Kier molecular flexibility index (Phi) is 13.4. The maximum Gasteiger partial charge on any atom is 0.415 e. The number of anilines is 2. The van der Waals surface area contributed by atoms with Crippen LogP contribution < -0.4 is 15.4 Å². The summed E-state index contributed by atoms with van der Waals surface area (Å²) in [5.74, 6) is -3.02. The maximum absolute atomic E-state index is 12.5. The fourth-order valence-corrected chi connectivity index (χ4v) is 5.20. The number of benzene rings is 1. The van der Waals surface area contributed by atoms with Crippen LogP contribution in [-0.4, -0.2) is 110 Å². The van der Waals surface area contributed by atoms with E-state index < -0.39 is 55.2 Å². The van der Waals surface area contributed by atoms with Crippen LogP contribution in [-0.2, 0) is 21.4 Å². The zero-order valence-electron chi connectivity index (χ0n) is 27.1. The van der Waals surface area contributed by atoms with Gasteiger partial charge in [-0.25, -0.2) is 19.4 Å². The van der Waals surface area contributed by atoms with Gasteiger partial charge in [-0.3, -0.25) is 9.59 Å². The van der Waals surface area contributed by atoms with Crippen LogP contribution in [0.2, 0.25) is 0 Å². The first-order valence-corrected chi connectivity index (χ1v) is 15.3. The summed E-state index contributed by atoms with van der Waals surface area (Å²) >= 11 is 0. The van der Waals surface area contributed by atoms with Crippen LogP contribution in [0, 0.1) is 0 Å². The normalized spacial score (nSPS) is 16.7. The van der Waals surface area contributed by atoms with E-state index in [0.717, 1.165) is 16.7 Å². The van der Waals surface area contributed by atoms with Crippen molar-refractivity contribution in [2.24, 2.45) is 7.05 Å². The van der Waals surface area contributed by atoms with Gasteiger partial charge >= 0.3 is 24.1 Å². The molecule has 1 saturated carbocycles. The Labute approximate surface area is 287 Å². The van der Waals surface area contributed by atoms with Crippen molar-refractivity contribution in [3.05, 3.63) is 55.1 Å². The summed E-state index contributed by atoms with van der Waals surface area (Å²) in [7, 11) is 1.91. The molecule has 9 N–H and O–H groups in total. The number of carboxylic acid groups (broad SMARTS) is 3. The minimum atomic E-state index is -4.61. The summed E-state index contributed by atoms with van der Waals surface area (Å²) in [5, 5.41) is 53.7. The molecule has 3 aromatic heterocycles. The number of aliphatic carboxylic acids is 3. The maximum atomic E-state index is 12.5. The molecule has 0 amide bonds. The fraction of sp³-hybridized carbons (Fsp3) is 0.419. The van der Waals surface area contributed by atoms with Crippen molar-refractivity contribution in [1.29, 1.82) is 0 Å². The molecule has 3 heterocycles. The van der Waals surface area contributed by atoms with Crippen LogP contribution in [0.15, 0.2) is 55.1 Å². The van der Waals surface area contributed by atoms with Crippen LogP contribution >= 0.6 is 0 Å². The SMILES string of the molecule is Cn1cnc2c(Nc3ccn(-c4ccccn4)n3)cc(O[C@H]3CC[C@@H](NC[C@@H](O)C(F)(F)F)CC3)cc21.O.O=C(O)CC(O)(CC(=O)O)C(=O)O. The smallest absolute Gasteiger partial charge is 0.415 e. The lowest BCUT2D eigenvalue weighted by atomic mass is 9.93. The third-order valence-electron chi connectivity index (χ3n) is 7.78. The highest BCUT2D eigenvalue weighted by Crippen LogP contribution is 2.33. The number of carbonyl (C=O) groups is 3. The number of aliphatic hydroxyl groups excluding tert-OH is 1. The minimum absolute atomic E-state index is 0. The summed E-state index contributed by atoms with van der Waals surface area (Å²) in [6.45, 7) is -0.498. The number of aliphatic hydroxyl groups is 2. The van der Waals surface area contributed by atoms with Gasteiger partial charge in [-0.15, -0.1) is 5.10 Å². The van der Waals surface area contributed by atoms with E-state index >= 15 is 0 Å². The van der Waals surface area contributed by atoms with Gasteiger partial charge in [0, 0.05) is 50.2 Å². The molecule has 0 aliphatic heterocycles. The van der Waals surface area contributed by atoms with Crippen LogP contribution in [0.4, 0.5) is 24.7 Å². The second-order valence-electron chi connectivity index (χ2n) is 11.7. The average Bonchev–Trinajstić information content (AvgIpc) is 3.67. The quantitative estimate of drug-likeness (QED) is 0.104. The molecule has 20 heteroatoms. The van der Waals surface area contributed by atoms with E-state index in [9.17, 15) is 32.7 Å². The standard InChI is InChI=1S/C25H28F3N7O2.C6H8O7.H2O/c1-34-15-31-24-19(32-22-9-11-35(33-22)23-4-2-3-10-29-23)12-18(13-20(24)34)37-17-7-5-16(6-8-17)30-14-21(36)25(26,27)28;7-3(8)1-6(13,5(11)12)2-4(9)10;/h2-4,9-13,15-17,21,30,36H,5-8,14H2,1H3,(H,32,33);13H,1-2H2,(H,7,8)(H,9,10)(H,11,12);1H2/t16-,17+,21-;;/m1../s1. The van der Waals surface area contributed by atoms with Crippen LogP contribution in [0.25, 0.3) is 16.9 Å². The zero-order valence-corrected chi connectivity index (χ0v) is 27.1. The van der Waals surface area contributed by atoms with E-state index in [1.165, 1.54) is 0 Å². The van der Waals surface area contributed by atoms with Gasteiger partial charge in [0.2, 0.25) is 0 Å². The second kappa shape index (κ2) is 17.1. The molecule has 0 saturated heterocycles. The highest BCUT2D eigenvalue weighted by atomic mass is 19.4. The molecular weight excluding hydrogens is 687 g/mol. The van der Waals surface area contributed by atoms with Crippen molar-refractivity contribution in [1.82, 2.24) is 29.6 Å². The highest BCUT2D eigenvalue weighted by molar-refractivity contribution is 5.91. The molecule has 0 radical (unpaired) electrons. The lowest BCUT2D eigenvalue weighted by Crippen LogP contribution is -2.44. The molecule has 51 heavy (non-hydrogen) atoms. The number of fused-ring (bicyclic) bond motifs is 1. The number of pyridine rings is 1. The number of nitrogens with one attached hydrogen (secondary N) is 2. The number of ether oxygens (including phenoxy) is 1. The van der Waals surface area contributed by atoms with E-state index in [-0.39, 0.29) is 17.6 Å². The number of hydrogen-bond donors (Lipinski definition) is 7. The van der Waals surface area contributed by atoms with E-state index in [2.05, 4.69) is 25.7 Å². The van der Waals surface area contributed by atoms with Crippen LogP contribution in [0.3, 0.4) is 0 Å². The molecule has 278 valence electrons. The van der Waals surface area contributed by atoms with E-state index in [0.29, 0.717) is 43.1 Å². The van der Waals surface area contributed by atoms with Gasteiger partial charge in [0.25, 0.3) is 0 Å². The third-order valence-corrected chi connectivity index (χ3v) is 7.78.